The highest BCUT2D eigenvalue weighted by atomic mass is 16.2. The molecule has 1 unspecified atom stereocenters. The van der Waals surface area contributed by atoms with Crippen LogP contribution in [0.25, 0.3) is 0 Å². The Morgan fingerprint density at radius 3 is 2.20 bits per heavy atom. The first-order valence-electron chi connectivity index (χ1n) is 11.1. The van der Waals surface area contributed by atoms with Crippen molar-refractivity contribution in [3.05, 3.63) is 71.3 Å². The molecule has 0 spiro atoms. The van der Waals surface area contributed by atoms with Crippen molar-refractivity contribution in [2.24, 2.45) is 5.92 Å². The quantitative estimate of drug-likeness (QED) is 0.755. The highest BCUT2D eigenvalue weighted by Crippen LogP contribution is 2.38. The maximum absolute atomic E-state index is 13.9. The van der Waals surface area contributed by atoms with Crippen LogP contribution in [0.5, 0.6) is 0 Å². The van der Waals surface area contributed by atoms with Gasteiger partial charge in [-0.2, -0.15) is 0 Å². The third-order valence-corrected chi connectivity index (χ3v) is 7.23. The molecule has 2 saturated heterocycles. The lowest BCUT2D eigenvalue weighted by Crippen LogP contribution is -2.56. The number of benzene rings is 2. The average Bonchev–Trinajstić information content (AvgIpc) is 3.32. The summed E-state index contributed by atoms with van der Waals surface area (Å²) in [5.74, 6) is 0.167. The van der Waals surface area contributed by atoms with Crippen molar-refractivity contribution in [1.29, 1.82) is 0 Å². The van der Waals surface area contributed by atoms with Crippen molar-refractivity contribution < 1.29 is 9.59 Å². The number of fused-ring (bicyclic) bond motifs is 1. The number of rotatable bonds is 5. The van der Waals surface area contributed by atoms with Gasteiger partial charge in [0.1, 0.15) is 5.54 Å². The van der Waals surface area contributed by atoms with Gasteiger partial charge in [-0.05, 0) is 74.2 Å². The number of hydrogen-bond donors (Lipinski definition) is 2. The Bertz CT molecular complexity index is 913. The first-order valence-corrected chi connectivity index (χ1v) is 11.1. The van der Waals surface area contributed by atoms with Crippen molar-refractivity contribution in [3.63, 3.8) is 0 Å². The van der Waals surface area contributed by atoms with Gasteiger partial charge in [0.15, 0.2) is 0 Å². The molecule has 5 heteroatoms. The second kappa shape index (κ2) is 7.88. The van der Waals surface area contributed by atoms with E-state index in [4.69, 9.17) is 0 Å². The predicted molar refractivity (Wildman–Crippen MR) is 116 cm³/mol. The molecule has 0 bridgehead atoms. The molecule has 2 N–H and O–H groups in total. The second-order valence-corrected chi connectivity index (χ2v) is 8.92. The van der Waals surface area contributed by atoms with E-state index in [1.165, 1.54) is 16.7 Å². The van der Waals surface area contributed by atoms with Crippen LogP contribution >= 0.6 is 0 Å². The fraction of sp³-hybridized carbons (Fsp3) is 0.440. The van der Waals surface area contributed by atoms with Gasteiger partial charge in [0.25, 0.3) is 5.91 Å². The third-order valence-electron chi connectivity index (χ3n) is 7.23. The fourth-order valence-electron chi connectivity index (χ4n) is 5.61. The summed E-state index contributed by atoms with van der Waals surface area (Å²) in [4.78, 5) is 28.7. The van der Waals surface area contributed by atoms with Gasteiger partial charge >= 0.3 is 6.03 Å². The van der Waals surface area contributed by atoms with E-state index in [9.17, 15) is 9.59 Å². The predicted octanol–water partition coefficient (Wildman–Crippen LogP) is 3.08. The highest BCUT2D eigenvalue weighted by Gasteiger charge is 2.57. The minimum Gasteiger partial charge on any atom is -0.323 e. The topological polar surface area (TPSA) is 61.4 Å². The van der Waals surface area contributed by atoms with Crippen LogP contribution < -0.4 is 10.6 Å². The van der Waals surface area contributed by atoms with E-state index in [1.807, 2.05) is 30.3 Å². The van der Waals surface area contributed by atoms with E-state index in [0.717, 1.165) is 45.2 Å². The molecule has 3 amide bonds. The lowest BCUT2D eigenvalue weighted by molar-refractivity contribution is -0.135. The van der Waals surface area contributed by atoms with Crippen molar-refractivity contribution >= 4 is 11.9 Å². The standard InChI is InChI=1S/C25H29N3O2/c29-23-25(21-11-14-26-15-12-21,13-10-18-6-2-1-3-7-18)27-24(30)28(23)22-16-19-8-4-5-9-20(19)17-22/h1-9,21-22,26H,10-17H2,(H,27,30). The van der Waals surface area contributed by atoms with Gasteiger partial charge in [-0.15, -0.1) is 0 Å². The minimum absolute atomic E-state index is 0.00635. The molecule has 3 aliphatic rings. The number of carbonyl (C=O) groups is 2. The SMILES string of the molecule is O=C1NC(CCc2ccccc2)(C2CCNCC2)C(=O)N1C1Cc2ccccc2C1. The lowest BCUT2D eigenvalue weighted by Gasteiger charge is -2.38. The van der Waals surface area contributed by atoms with E-state index in [-0.39, 0.29) is 23.9 Å². The summed E-state index contributed by atoms with van der Waals surface area (Å²) in [6, 6.07) is 18.3. The first-order chi connectivity index (χ1) is 14.7. The summed E-state index contributed by atoms with van der Waals surface area (Å²) in [6.07, 6.45) is 4.80. The Kier molecular flexibility index (Phi) is 5.07. The summed E-state index contributed by atoms with van der Waals surface area (Å²) in [7, 11) is 0. The normalized spacial score (nSPS) is 24.9. The number of imide groups is 1. The van der Waals surface area contributed by atoms with Crippen LogP contribution in [-0.4, -0.2) is 41.5 Å². The molecule has 1 atom stereocenters. The van der Waals surface area contributed by atoms with E-state index in [1.54, 1.807) is 4.90 Å². The van der Waals surface area contributed by atoms with E-state index >= 15 is 0 Å². The van der Waals surface area contributed by atoms with Crippen LogP contribution in [0.1, 0.15) is 36.0 Å². The van der Waals surface area contributed by atoms with Crippen molar-refractivity contribution in [1.82, 2.24) is 15.5 Å². The van der Waals surface area contributed by atoms with Gasteiger partial charge in [-0.1, -0.05) is 54.6 Å². The molecule has 5 rings (SSSR count). The Balaban J connectivity index is 1.42. The first kappa shape index (κ1) is 19.3. The highest BCUT2D eigenvalue weighted by molar-refractivity contribution is 6.07. The van der Waals surface area contributed by atoms with Gasteiger partial charge < -0.3 is 10.6 Å². The van der Waals surface area contributed by atoms with Crippen molar-refractivity contribution in [2.45, 2.75) is 50.1 Å². The molecule has 2 aromatic rings. The number of urea groups is 1. The van der Waals surface area contributed by atoms with Crippen LogP contribution in [0, 0.1) is 5.92 Å². The molecule has 156 valence electrons. The van der Waals surface area contributed by atoms with Gasteiger partial charge in [0.2, 0.25) is 0 Å². The van der Waals surface area contributed by atoms with Gasteiger partial charge in [-0.3, -0.25) is 9.69 Å². The molecular weight excluding hydrogens is 374 g/mol. The molecule has 30 heavy (non-hydrogen) atoms. The number of amides is 3. The van der Waals surface area contributed by atoms with Crippen LogP contribution in [0.4, 0.5) is 4.79 Å². The molecule has 2 fully saturated rings. The largest absolute Gasteiger partial charge is 0.325 e. The summed E-state index contributed by atoms with van der Waals surface area (Å²) in [5, 5.41) is 6.62. The Labute approximate surface area is 177 Å². The second-order valence-electron chi connectivity index (χ2n) is 8.92. The van der Waals surface area contributed by atoms with Gasteiger partial charge in [0, 0.05) is 6.04 Å². The monoisotopic (exact) mass is 403 g/mol. The van der Waals surface area contributed by atoms with E-state index < -0.39 is 5.54 Å². The van der Waals surface area contributed by atoms with Crippen LogP contribution in [0.3, 0.4) is 0 Å². The molecule has 2 aromatic carbocycles. The molecule has 2 heterocycles. The number of hydrogen-bond acceptors (Lipinski definition) is 3. The number of aryl methyl sites for hydroxylation is 1. The average molecular weight is 404 g/mol. The number of carbonyl (C=O) groups excluding carboxylic acids is 2. The molecule has 0 aromatic heterocycles. The van der Waals surface area contributed by atoms with E-state index in [0.29, 0.717) is 6.42 Å². The molecule has 0 saturated carbocycles. The van der Waals surface area contributed by atoms with Crippen molar-refractivity contribution in [3.8, 4) is 0 Å². The van der Waals surface area contributed by atoms with E-state index in [2.05, 4.69) is 34.9 Å². The van der Waals surface area contributed by atoms with Crippen LogP contribution in [0.15, 0.2) is 54.6 Å². The Hall–Kier alpha value is -2.66. The number of nitrogens with one attached hydrogen (secondary N) is 2. The third kappa shape index (κ3) is 3.31. The maximum atomic E-state index is 13.9. The lowest BCUT2D eigenvalue weighted by atomic mass is 9.74. The Morgan fingerprint density at radius 1 is 0.900 bits per heavy atom. The van der Waals surface area contributed by atoms with Gasteiger partial charge in [-0.25, -0.2) is 4.79 Å². The number of piperidine rings is 1. The summed E-state index contributed by atoms with van der Waals surface area (Å²) < 4.78 is 0. The zero-order valence-electron chi connectivity index (χ0n) is 17.3. The molecule has 0 radical (unpaired) electrons. The zero-order chi connectivity index (χ0) is 20.6. The van der Waals surface area contributed by atoms with Gasteiger partial charge in [0.05, 0.1) is 0 Å². The molecule has 5 nitrogen and oxygen atoms in total. The van der Waals surface area contributed by atoms with Crippen LogP contribution in [-0.2, 0) is 24.1 Å². The fourth-order valence-corrected chi connectivity index (χ4v) is 5.61. The molecule has 1 aliphatic carbocycles. The summed E-state index contributed by atoms with van der Waals surface area (Å²) in [5.41, 5.74) is 2.93. The summed E-state index contributed by atoms with van der Waals surface area (Å²) >= 11 is 0. The van der Waals surface area contributed by atoms with Crippen LogP contribution in [0.2, 0.25) is 0 Å². The maximum Gasteiger partial charge on any atom is 0.325 e. The van der Waals surface area contributed by atoms with Crippen molar-refractivity contribution in [2.75, 3.05) is 13.1 Å². The Morgan fingerprint density at radius 2 is 1.53 bits per heavy atom. The minimum atomic E-state index is -0.788. The molecular formula is C25H29N3O2. The number of nitrogens with zero attached hydrogens (tertiary/aromatic N) is 1. The zero-order valence-corrected chi connectivity index (χ0v) is 17.3. The summed E-state index contributed by atoms with van der Waals surface area (Å²) in [6.45, 7) is 1.80. The smallest absolute Gasteiger partial charge is 0.323 e. The molecule has 2 aliphatic heterocycles.